The summed E-state index contributed by atoms with van der Waals surface area (Å²) in [6.07, 6.45) is 2.86. The van der Waals surface area contributed by atoms with Crippen molar-refractivity contribution in [2.75, 3.05) is 5.32 Å². The average Bonchev–Trinajstić information content (AvgIpc) is 3.09. The second kappa shape index (κ2) is 4.96. The highest BCUT2D eigenvalue weighted by Crippen LogP contribution is 2.20. The van der Waals surface area contributed by atoms with E-state index in [1.165, 1.54) is 6.39 Å². The molecule has 0 fully saturated rings. The summed E-state index contributed by atoms with van der Waals surface area (Å²) in [5.74, 6) is 0.170. The molecule has 7 nitrogen and oxygen atoms in total. The summed E-state index contributed by atoms with van der Waals surface area (Å²) in [7, 11) is 0. The topological polar surface area (TPSA) is 96.7 Å². The summed E-state index contributed by atoms with van der Waals surface area (Å²) in [5.41, 5.74) is 2.49. The highest BCUT2D eigenvalue weighted by molar-refractivity contribution is 6.03. The smallest absolute Gasteiger partial charge is 0.277 e. The van der Waals surface area contributed by atoms with Crippen molar-refractivity contribution in [3.63, 3.8) is 0 Å². The lowest BCUT2D eigenvalue weighted by Gasteiger charge is -2.05. The van der Waals surface area contributed by atoms with Crippen molar-refractivity contribution in [2.24, 2.45) is 0 Å². The van der Waals surface area contributed by atoms with Crippen molar-refractivity contribution in [1.82, 2.24) is 20.4 Å². The maximum absolute atomic E-state index is 12.0. The molecular formula is C13H11N5O2. The van der Waals surface area contributed by atoms with Gasteiger partial charge in [0.2, 0.25) is 0 Å². The largest absolute Gasteiger partial charge is 0.448 e. The van der Waals surface area contributed by atoms with Gasteiger partial charge in [0.1, 0.15) is 11.5 Å². The molecule has 1 amide bonds. The van der Waals surface area contributed by atoms with Gasteiger partial charge >= 0.3 is 0 Å². The number of oxazole rings is 1. The second-order valence-electron chi connectivity index (χ2n) is 4.15. The summed E-state index contributed by atoms with van der Waals surface area (Å²) < 4.78 is 5.01. The van der Waals surface area contributed by atoms with Gasteiger partial charge in [-0.25, -0.2) is 4.98 Å². The zero-order chi connectivity index (χ0) is 13.9. The molecule has 0 spiro atoms. The number of hydrogen-bond acceptors (Lipinski definition) is 5. The number of carbonyl (C=O) groups excluding carboxylic acids is 1. The molecule has 20 heavy (non-hydrogen) atoms. The predicted molar refractivity (Wildman–Crippen MR) is 71.0 cm³/mol. The highest BCUT2D eigenvalue weighted by atomic mass is 16.3. The predicted octanol–water partition coefficient (Wildman–Crippen LogP) is 2.02. The van der Waals surface area contributed by atoms with E-state index in [2.05, 4.69) is 25.7 Å². The van der Waals surface area contributed by atoms with Crippen LogP contribution in [0.1, 0.15) is 16.2 Å². The zero-order valence-electron chi connectivity index (χ0n) is 10.6. The van der Waals surface area contributed by atoms with Gasteiger partial charge in [-0.15, -0.1) is 0 Å². The van der Waals surface area contributed by atoms with Crippen LogP contribution in [0.5, 0.6) is 0 Å². The number of aromatic amines is 1. The molecular weight excluding hydrogens is 258 g/mol. The Bertz CT molecular complexity index is 733. The van der Waals surface area contributed by atoms with Gasteiger partial charge in [-0.2, -0.15) is 15.4 Å². The lowest BCUT2D eigenvalue weighted by atomic mass is 10.1. The van der Waals surface area contributed by atoms with E-state index in [0.29, 0.717) is 17.1 Å². The first-order valence-electron chi connectivity index (χ1n) is 5.91. The van der Waals surface area contributed by atoms with Gasteiger partial charge in [0.25, 0.3) is 5.91 Å². The number of nitrogens with zero attached hydrogens (tertiary/aromatic N) is 3. The van der Waals surface area contributed by atoms with Gasteiger partial charge in [0.15, 0.2) is 12.1 Å². The molecule has 0 atom stereocenters. The first kappa shape index (κ1) is 12.1. The normalized spacial score (nSPS) is 10.4. The minimum absolute atomic E-state index is 0.275. The standard InChI is InChI=1S/C13H11N5O2/c1-8-12(14-7-20-8)13(19)16-10-4-2-3-9(5-10)11-6-15-18-17-11/h2-7H,1H3,(H,16,19)(H,15,17,18). The van der Waals surface area contributed by atoms with Crippen molar-refractivity contribution in [3.05, 3.63) is 48.3 Å². The molecule has 0 aliphatic carbocycles. The average molecular weight is 269 g/mol. The number of hydrogen-bond donors (Lipinski definition) is 2. The SMILES string of the molecule is Cc1ocnc1C(=O)Nc1cccc(-c2cn[nH]n2)c1. The van der Waals surface area contributed by atoms with Crippen molar-refractivity contribution in [3.8, 4) is 11.3 Å². The number of aryl methyl sites for hydroxylation is 1. The fourth-order valence-corrected chi connectivity index (χ4v) is 1.81. The third kappa shape index (κ3) is 2.28. The number of benzene rings is 1. The Morgan fingerprint density at radius 3 is 3.00 bits per heavy atom. The molecule has 0 radical (unpaired) electrons. The molecule has 2 heterocycles. The van der Waals surface area contributed by atoms with Crippen LogP contribution in [0, 0.1) is 6.92 Å². The quantitative estimate of drug-likeness (QED) is 0.758. The fourth-order valence-electron chi connectivity index (χ4n) is 1.81. The van der Waals surface area contributed by atoms with Crippen molar-refractivity contribution < 1.29 is 9.21 Å². The maximum atomic E-state index is 12.0. The molecule has 7 heteroatoms. The minimum atomic E-state index is -0.312. The number of rotatable bonds is 3. The highest BCUT2D eigenvalue weighted by Gasteiger charge is 2.13. The molecule has 0 saturated carbocycles. The Morgan fingerprint density at radius 1 is 1.40 bits per heavy atom. The fraction of sp³-hybridized carbons (Fsp3) is 0.0769. The Kier molecular flexibility index (Phi) is 3.00. The molecule has 1 aromatic carbocycles. The van der Waals surface area contributed by atoms with Crippen LogP contribution in [-0.4, -0.2) is 26.3 Å². The zero-order valence-corrected chi connectivity index (χ0v) is 10.6. The molecule has 0 bridgehead atoms. The van der Waals surface area contributed by atoms with E-state index < -0.39 is 0 Å². The van der Waals surface area contributed by atoms with Crippen LogP contribution in [0.15, 0.2) is 41.3 Å². The lowest BCUT2D eigenvalue weighted by molar-refractivity contribution is 0.102. The number of anilines is 1. The summed E-state index contributed by atoms with van der Waals surface area (Å²) in [4.78, 5) is 15.9. The molecule has 0 aliphatic heterocycles. The Morgan fingerprint density at radius 2 is 2.30 bits per heavy atom. The molecule has 2 N–H and O–H groups in total. The number of carbonyl (C=O) groups is 1. The third-order valence-electron chi connectivity index (χ3n) is 2.79. The van der Waals surface area contributed by atoms with E-state index >= 15 is 0 Å². The van der Waals surface area contributed by atoms with Crippen molar-refractivity contribution in [1.29, 1.82) is 0 Å². The van der Waals surface area contributed by atoms with Gasteiger partial charge < -0.3 is 9.73 Å². The van der Waals surface area contributed by atoms with Crippen LogP contribution in [0.3, 0.4) is 0 Å². The second-order valence-corrected chi connectivity index (χ2v) is 4.15. The number of H-pyrrole nitrogens is 1. The van der Waals surface area contributed by atoms with E-state index in [1.807, 2.05) is 18.2 Å². The molecule has 2 aromatic heterocycles. The first-order valence-corrected chi connectivity index (χ1v) is 5.91. The molecule has 0 unspecified atom stereocenters. The molecule has 0 aliphatic rings. The van der Waals surface area contributed by atoms with Crippen molar-refractivity contribution in [2.45, 2.75) is 6.92 Å². The number of amides is 1. The van der Waals surface area contributed by atoms with E-state index in [9.17, 15) is 4.79 Å². The van der Waals surface area contributed by atoms with Crippen LogP contribution in [0.2, 0.25) is 0 Å². The summed E-state index contributed by atoms with van der Waals surface area (Å²) in [6, 6.07) is 7.31. The summed E-state index contributed by atoms with van der Waals surface area (Å²) in [6.45, 7) is 1.69. The van der Waals surface area contributed by atoms with Crippen LogP contribution in [-0.2, 0) is 0 Å². The van der Waals surface area contributed by atoms with Gasteiger partial charge in [-0.05, 0) is 19.1 Å². The van der Waals surface area contributed by atoms with Crippen molar-refractivity contribution >= 4 is 11.6 Å². The van der Waals surface area contributed by atoms with Crippen LogP contribution in [0.25, 0.3) is 11.3 Å². The maximum Gasteiger partial charge on any atom is 0.277 e. The van der Waals surface area contributed by atoms with Gasteiger partial charge in [-0.1, -0.05) is 12.1 Å². The lowest BCUT2D eigenvalue weighted by Crippen LogP contribution is -2.13. The van der Waals surface area contributed by atoms with E-state index in [1.54, 1.807) is 19.2 Å². The Labute approximate surface area is 114 Å². The van der Waals surface area contributed by atoms with Crippen LogP contribution in [0.4, 0.5) is 5.69 Å². The number of aromatic nitrogens is 4. The summed E-state index contributed by atoms with van der Waals surface area (Å²) >= 11 is 0. The third-order valence-corrected chi connectivity index (χ3v) is 2.79. The Hall–Kier alpha value is -2.96. The number of nitrogens with one attached hydrogen (secondary N) is 2. The molecule has 0 saturated heterocycles. The molecule has 3 aromatic rings. The summed E-state index contributed by atoms with van der Waals surface area (Å²) in [5, 5.41) is 13.1. The van der Waals surface area contributed by atoms with Crippen LogP contribution < -0.4 is 5.32 Å². The van der Waals surface area contributed by atoms with Gasteiger partial charge in [0.05, 0.1) is 6.20 Å². The molecule has 3 rings (SSSR count). The first-order chi connectivity index (χ1) is 9.74. The van der Waals surface area contributed by atoms with Crippen LogP contribution >= 0.6 is 0 Å². The van der Waals surface area contributed by atoms with Gasteiger partial charge in [-0.3, -0.25) is 4.79 Å². The minimum Gasteiger partial charge on any atom is -0.448 e. The Balaban J connectivity index is 1.83. The van der Waals surface area contributed by atoms with Gasteiger partial charge in [0, 0.05) is 11.3 Å². The van der Waals surface area contributed by atoms with E-state index in [-0.39, 0.29) is 11.6 Å². The van der Waals surface area contributed by atoms with E-state index in [4.69, 9.17) is 4.42 Å². The van der Waals surface area contributed by atoms with E-state index in [0.717, 1.165) is 5.56 Å². The monoisotopic (exact) mass is 269 g/mol. The molecule has 100 valence electrons.